The van der Waals surface area contributed by atoms with E-state index in [-0.39, 0.29) is 6.10 Å². The zero-order valence-electron chi connectivity index (χ0n) is 14.6. The van der Waals surface area contributed by atoms with E-state index in [9.17, 15) is 5.11 Å². The highest BCUT2D eigenvalue weighted by Gasteiger charge is 2.21. The van der Waals surface area contributed by atoms with Gasteiger partial charge in [0.1, 0.15) is 25.0 Å². The minimum atomic E-state index is -0.381. The van der Waals surface area contributed by atoms with Crippen LogP contribution in [0.5, 0.6) is 5.75 Å². The average molecular weight is 306 g/mol. The largest absolute Gasteiger partial charge is 0.491 e. The van der Waals surface area contributed by atoms with Crippen LogP contribution in [0.15, 0.2) is 18.2 Å². The Kier molecular flexibility index (Phi) is 6.27. The molecule has 1 aromatic rings. The molecule has 0 saturated carbocycles. The standard InChI is InChI=1S/C19H31NO2/c1-14(2)19-6-5-18(11-16(19)4)22-13-17(21)12-20-9-7-15(3)8-10-20/h5-6,11,14-15,17,21H,7-10,12-13H2,1-4H3/p+1/t17-/m0/s1. The van der Waals surface area contributed by atoms with Gasteiger partial charge in [0, 0.05) is 0 Å². The zero-order valence-corrected chi connectivity index (χ0v) is 14.6. The number of benzene rings is 1. The van der Waals surface area contributed by atoms with E-state index in [2.05, 4.69) is 39.8 Å². The summed E-state index contributed by atoms with van der Waals surface area (Å²) in [5.74, 6) is 2.24. The molecule has 1 aliphatic rings. The number of aliphatic hydroxyl groups is 1. The van der Waals surface area contributed by atoms with Gasteiger partial charge in [-0.2, -0.15) is 0 Å². The van der Waals surface area contributed by atoms with Crippen LogP contribution in [-0.2, 0) is 0 Å². The predicted octanol–water partition coefficient (Wildman–Crippen LogP) is 2.17. The lowest BCUT2D eigenvalue weighted by Gasteiger charge is -2.28. The normalized spacial score (nSPS) is 23.5. The smallest absolute Gasteiger partial charge is 0.137 e. The lowest BCUT2D eigenvalue weighted by Crippen LogP contribution is -3.14. The van der Waals surface area contributed by atoms with E-state index in [1.807, 2.05) is 6.07 Å². The van der Waals surface area contributed by atoms with Crippen LogP contribution in [0, 0.1) is 12.8 Å². The Morgan fingerprint density at radius 2 is 1.95 bits per heavy atom. The third-order valence-electron chi connectivity index (χ3n) is 4.81. The molecule has 1 aliphatic heterocycles. The summed E-state index contributed by atoms with van der Waals surface area (Å²) in [6.45, 7) is 12.4. The average Bonchev–Trinajstić information content (AvgIpc) is 2.47. The van der Waals surface area contributed by atoms with E-state index in [1.54, 1.807) is 0 Å². The maximum absolute atomic E-state index is 10.2. The van der Waals surface area contributed by atoms with Crippen LogP contribution < -0.4 is 9.64 Å². The number of piperidine rings is 1. The summed E-state index contributed by atoms with van der Waals surface area (Å²) >= 11 is 0. The van der Waals surface area contributed by atoms with Crippen molar-refractivity contribution in [2.75, 3.05) is 26.2 Å². The second-order valence-corrected chi connectivity index (χ2v) is 7.27. The Hall–Kier alpha value is -1.06. The van der Waals surface area contributed by atoms with Gasteiger partial charge in [0.2, 0.25) is 0 Å². The van der Waals surface area contributed by atoms with Crippen molar-refractivity contribution in [1.29, 1.82) is 0 Å². The first-order valence-corrected chi connectivity index (χ1v) is 8.70. The van der Waals surface area contributed by atoms with Crippen LogP contribution in [0.25, 0.3) is 0 Å². The Balaban J connectivity index is 1.78. The van der Waals surface area contributed by atoms with E-state index in [1.165, 1.54) is 42.0 Å². The molecular weight excluding hydrogens is 274 g/mol. The zero-order chi connectivity index (χ0) is 16.1. The lowest BCUT2D eigenvalue weighted by molar-refractivity contribution is -0.909. The molecule has 0 amide bonds. The molecule has 3 heteroatoms. The number of rotatable bonds is 6. The summed E-state index contributed by atoms with van der Waals surface area (Å²) in [6.07, 6.45) is 2.17. The molecule has 3 nitrogen and oxygen atoms in total. The summed E-state index contributed by atoms with van der Waals surface area (Å²) in [7, 11) is 0. The van der Waals surface area contributed by atoms with Gasteiger partial charge in [-0.15, -0.1) is 0 Å². The van der Waals surface area contributed by atoms with Crippen LogP contribution in [0.2, 0.25) is 0 Å². The molecule has 2 rings (SSSR count). The number of quaternary nitrogens is 1. The second-order valence-electron chi connectivity index (χ2n) is 7.27. The number of hydrogen-bond acceptors (Lipinski definition) is 2. The molecular formula is C19H32NO2+. The number of aliphatic hydroxyl groups excluding tert-OH is 1. The van der Waals surface area contributed by atoms with E-state index in [0.29, 0.717) is 12.5 Å². The molecule has 0 bridgehead atoms. The Labute approximate surface area is 135 Å². The molecule has 0 radical (unpaired) electrons. The third kappa shape index (κ3) is 4.99. The maximum atomic E-state index is 10.2. The highest BCUT2D eigenvalue weighted by Crippen LogP contribution is 2.23. The molecule has 0 aromatic heterocycles. The molecule has 1 fully saturated rings. The van der Waals surface area contributed by atoms with Crippen LogP contribution in [0.1, 0.15) is 50.7 Å². The van der Waals surface area contributed by atoms with Gasteiger partial charge in [-0.05, 0) is 54.9 Å². The monoisotopic (exact) mass is 306 g/mol. The van der Waals surface area contributed by atoms with Crippen molar-refractivity contribution >= 4 is 0 Å². The maximum Gasteiger partial charge on any atom is 0.137 e. The molecule has 1 aromatic carbocycles. The molecule has 1 heterocycles. The summed E-state index contributed by atoms with van der Waals surface area (Å²) in [5.41, 5.74) is 2.62. The Morgan fingerprint density at radius 1 is 1.27 bits per heavy atom. The molecule has 1 atom stereocenters. The van der Waals surface area contributed by atoms with E-state index in [0.717, 1.165) is 18.2 Å². The molecule has 0 unspecified atom stereocenters. The molecule has 2 N–H and O–H groups in total. The fraction of sp³-hybridized carbons (Fsp3) is 0.684. The highest BCUT2D eigenvalue weighted by molar-refractivity contribution is 5.36. The van der Waals surface area contributed by atoms with Crippen LogP contribution >= 0.6 is 0 Å². The van der Waals surface area contributed by atoms with Crippen molar-refractivity contribution < 1.29 is 14.7 Å². The number of hydrogen-bond donors (Lipinski definition) is 2. The number of aryl methyl sites for hydroxylation is 1. The number of likely N-dealkylation sites (tertiary alicyclic amines) is 1. The van der Waals surface area contributed by atoms with Crippen LogP contribution in [0.3, 0.4) is 0 Å². The lowest BCUT2D eigenvalue weighted by atomic mass is 9.98. The topological polar surface area (TPSA) is 33.9 Å². The predicted molar refractivity (Wildman–Crippen MR) is 90.7 cm³/mol. The van der Waals surface area contributed by atoms with Crippen molar-refractivity contribution in [3.8, 4) is 5.75 Å². The van der Waals surface area contributed by atoms with E-state index < -0.39 is 0 Å². The third-order valence-corrected chi connectivity index (χ3v) is 4.81. The number of nitrogens with one attached hydrogen (secondary N) is 1. The van der Waals surface area contributed by atoms with Gasteiger partial charge in [0.25, 0.3) is 0 Å². The fourth-order valence-electron chi connectivity index (χ4n) is 3.34. The summed E-state index contributed by atoms with van der Waals surface area (Å²) in [6, 6.07) is 6.24. The molecule has 22 heavy (non-hydrogen) atoms. The quantitative estimate of drug-likeness (QED) is 0.844. The van der Waals surface area contributed by atoms with Gasteiger partial charge in [0.15, 0.2) is 0 Å². The first kappa shape index (κ1) is 17.3. The van der Waals surface area contributed by atoms with Gasteiger partial charge in [-0.1, -0.05) is 26.8 Å². The molecule has 124 valence electrons. The van der Waals surface area contributed by atoms with Crippen molar-refractivity contribution in [2.24, 2.45) is 5.92 Å². The SMILES string of the molecule is Cc1cc(OC[C@@H](O)C[NH+]2CCC(C)CC2)ccc1C(C)C. The van der Waals surface area contributed by atoms with Crippen molar-refractivity contribution in [3.05, 3.63) is 29.3 Å². The summed E-state index contributed by atoms with van der Waals surface area (Å²) < 4.78 is 5.78. The fourth-order valence-corrected chi connectivity index (χ4v) is 3.34. The van der Waals surface area contributed by atoms with Gasteiger partial charge in [0.05, 0.1) is 13.1 Å². The van der Waals surface area contributed by atoms with Gasteiger partial charge in [-0.25, -0.2) is 0 Å². The number of ether oxygens (including phenoxy) is 1. The van der Waals surface area contributed by atoms with Gasteiger partial charge >= 0.3 is 0 Å². The molecule has 1 saturated heterocycles. The Morgan fingerprint density at radius 3 is 2.55 bits per heavy atom. The van der Waals surface area contributed by atoms with Gasteiger partial charge in [-0.3, -0.25) is 0 Å². The van der Waals surface area contributed by atoms with Crippen molar-refractivity contribution in [3.63, 3.8) is 0 Å². The minimum Gasteiger partial charge on any atom is -0.491 e. The van der Waals surface area contributed by atoms with Crippen molar-refractivity contribution in [2.45, 2.75) is 52.6 Å². The first-order chi connectivity index (χ1) is 10.5. The minimum absolute atomic E-state index is 0.381. The van der Waals surface area contributed by atoms with Gasteiger partial charge < -0.3 is 14.7 Å². The van der Waals surface area contributed by atoms with Crippen LogP contribution in [-0.4, -0.2) is 37.5 Å². The van der Waals surface area contributed by atoms with E-state index in [4.69, 9.17) is 4.74 Å². The van der Waals surface area contributed by atoms with E-state index >= 15 is 0 Å². The van der Waals surface area contributed by atoms with Crippen LogP contribution in [0.4, 0.5) is 0 Å². The van der Waals surface area contributed by atoms with Crippen molar-refractivity contribution in [1.82, 2.24) is 0 Å². The molecule has 0 spiro atoms. The molecule has 0 aliphatic carbocycles. The summed E-state index contributed by atoms with van der Waals surface area (Å²) in [5, 5.41) is 10.2. The summed E-state index contributed by atoms with van der Waals surface area (Å²) in [4.78, 5) is 1.51. The first-order valence-electron chi connectivity index (χ1n) is 8.70. The second kappa shape index (κ2) is 7.98. The highest BCUT2D eigenvalue weighted by atomic mass is 16.5. The Bertz CT molecular complexity index is 465.